The highest BCUT2D eigenvalue weighted by molar-refractivity contribution is 5.96. The van der Waals surface area contributed by atoms with Crippen molar-refractivity contribution in [1.82, 2.24) is 10.6 Å². The van der Waals surface area contributed by atoms with Crippen LogP contribution < -0.4 is 10.6 Å². The van der Waals surface area contributed by atoms with E-state index in [1.807, 2.05) is 6.92 Å². The normalized spacial score (nSPS) is 36.8. The van der Waals surface area contributed by atoms with Crippen LogP contribution in [0.3, 0.4) is 0 Å². The quantitative estimate of drug-likeness (QED) is 0.488. The summed E-state index contributed by atoms with van der Waals surface area (Å²) in [6.45, 7) is 9.56. The lowest BCUT2D eigenvalue weighted by Gasteiger charge is -2.55. The van der Waals surface area contributed by atoms with Crippen molar-refractivity contribution in [3.63, 3.8) is 0 Å². The van der Waals surface area contributed by atoms with Gasteiger partial charge in [0.1, 0.15) is 11.6 Å². The number of ether oxygens (including phenoxy) is 3. The fourth-order valence-corrected chi connectivity index (χ4v) is 7.30. The van der Waals surface area contributed by atoms with Gasteiger partial charge in [0.2, 0.25) is 5.91 Å². The molecule has 9 heteroatoms. The van der Waals surface area contributed by atoms with E-state index in [4.69, 9.17) is 14.2 Å². The summed E-state index contributed by atoms with van der Waals surface area (Å²) in [7, 11) is 1.25. The van der Waals surface area contributed by atoms with Crippen LogP contribution in [0, 0.1) is 22.7 Å². The SMILES string of the molecule is COC(=O)[C@H](CCNC(=O)OC(C)(C)C)NC(=O)CC[C@]1(C)C(=O)C=CC23CC4CC(OC4(C)C2)C31. The summed E-state index contributed by atoms with van der Waals surface area (Å²) in [5.74, 6) is -0.308. The number of allylic oxidation sites excluding steroid dienone is 2. The molecule has 2 aliphatic heterocycles. The van der Waals surface area contributed by atoms with E-state index >= 15 is 0 Å². The Labute approximate surface area is 213 Å². The molecule has 0 radical (unpaired) electrons. The fourth-order valence-electron chi connectivity index (χ4n) is 7.30. The Hall–Kier alpha value is -2.42. The van der Waals surface area contributed by atoms with Gasteiger partial charge in [-0.2, -0.15) is 0 Å². The standard InChI is InChI=1S/C27H40N2O7/c1-24(2,3)36-23(33)28-12-9-17(22(32)34-6)29-20(31)8-10-25(4)19(30)7-11-27-14-16-13-18(21(25)27)35-26(16,5)15-27/h7,11,16-18,21H,8-10,12-15H2,1-6H3,(H,28,33)(H,29,31)/t16?,17-,18?,21?,25+,26?,27?/m0/s1. The summed E-state index contributed by atoms with van der Waals surface area (Å²) in [6.07, 6.45) is 6.84. The van der Waals surface area contributed by atoms with Gasteiger partial charge in [-0.05, 0) is 77.2 Å². The number of hydrogen-bond donors (Lipinski definition) is 2. The first-order valence-corrected chi connectivity index (χ1v) is 13.0. The Balaban J connectivity index is 1.36. The third kappa shape index (κ3) is 4.78. The van der Waals surface area contributed by atoms with Crippen molar-refractivity contribution >= 4 is 23.8 Å². The zero-order valence-electron chi connectivity index (χ0n) is 22.3. The number of rotatable bonds is 8. The molecule has 7 atom stereocenters. The smallest absolute Gasteiger partial charge is 0.407 e. The second kappa shape index (κ2) is 9.15. The molecule has 1 spiro atoms. The molecule has 2 N–H and O–H groups in total. The monoisotopic (exact) mass is 504 g/mol. The Kier molecular flexibility index (Phi) is 6.77. The lowest BCUT2D eigenvalue weighted by molar-refractivity contribution is -0.169. The predicted octanol–water partition coefficient (Wildman–Crippen LogP) is 3.06. The zero-order valence-corrected chi connectivity index (χ0v) is 22.3. The molecule has 2 saturated carbocycles. The number of alkyl carbamates (subject to hydrolysis) is 1. The van der Waals surface area contributed by atoms with Gasteiger partial charge in [0.15, 0.2) is 5.78 Å². The number of carbonyl (C=O) groups is 4. The maximum atomic E-state index is 13.2. The first kappa shape index (κ1) is 26.6. The first-order chi connectivity index (χ1) is 16.7. The van der Waals surface area contributed by atoms with Crippen LogP contribution in [-0.4, -0.2) is 60.8 Å². The van der Waals surface area contributed by atoms with Gasteiger partial charge in [-0.3, -0.25) is 9.59 Å². The molecule has 2 heterocycles. The Morgan fingerprint density at radius 3 is 2.61 bits per heavy atom. The van der Waals surface area contributed by atoms with Crippen molar-refractivity contribution in [2.24, 2.45) is 22.7 Å². The van der Waals surface area contributed by atoms with E-state index in [-0.39, 0.29) is 54.1 Å². The largest absolute Gasteiger partial charge is 0.467 e. The molecule has 5 rings (SSSR count). The minimum Gasteiger partial charge on any atom is -0.467 e. The van der Waals surface area contributed by atoms with Crippen molar-refractivity contribution in [3.05, 3.63) is 12.2 Å². The molecule has 200 valence electrons. The molecular weight excluding hydrogens is 464 g/mol. The van der Waals surface area contributed by atoms with Crippen LogP contribution in [0.1, 0.15) is 73.1 Å². The van der Waals surface area contributed by atoms with Crippen molar-refractivity contribution in [2.45, 2.75) is 96.5 Å². The lowest BCUT2D eigenvalue weighted by Crippen LogP contribution is -2.56. The molecule has 0 aromatic rings. The lowest BCUT2D eigenvalue weighted by atomic mass is 9.51. The Bertz CT molecular complexity index is 972. The second-order valence-electron chi connectivity index (χ2n) is 12.5. The van der Waals surface area contributed by atoms with Gasteiger partial charge >= 0.3 is 12.1 Å². The molecular formula is C27H40N2O7. The third-order valence-corrected chi connectivity index (χ3v) is 8.71. The summed E-state index contributed by atoms with van der Waals surface area (Å²) in [6, 6.07) is -0.917. The van der Waals surface area contributed by atoms with Gasteiger partial charge in [0.25, 0.3) is 0 Å². The maximum Gasteiger partial charge on any atom is 0.407 e. The summed E-state index contributed by atoms with van der Waals surface area (Å²) in [5, 5.41) is 5.32. The highest BCUT2D eigenvalue weighted by Gasteiger charge is 2.71. The van der Waals surface area contributed by atoms with E-state index in [2.05, 4.69) is 23.6 Å². The van der Waals surface area contributed by atoms with E-state index in [0.29, 0.717) is 12.3 Å². The van der Waals surface area contributed by atoms with Crippen LogP contribution in [-0.2, 0) is 28.6 Å². The number of nitrogens with one attached hydrogen (secondary N) is 2. The highest BCUT2D eigenvalue weighted by Crippen LogP contribution is 2.71. The highest BCUT2D eigenvalue weighted by atomic mass is 16.6. The van der Waals surface area contributed by atoms with Crippen LogP contribution in [0.15, 0.2) is 12.2 Å². The average molecular weight is 505 g/mol. The molecule has 4 fully saturated rings. The zero-order chi connectivity index (χ0) is 26.5. The molecule has 2 amide bonds. The summed E-state index contributed by atoms with van der Waals surface area (Å²) in [4.78, 5) is 50.2. The summed E-state index contributed by atoms with van der Waals surface area (Å²) in [5.41, 5.74) is -1.49. The topological polar surface area (TPSA) is 120 Å². The molecule has 4 bridgehead atoms. The van der Waals surface area contributed by atoms with Crippen LogP contribution in [0.5, 0.6) is 0 Å². The first-order valence-electron chi connectivity index (χ1n) is 13.0. The molecule has 0 aromatic carbocycles. The minimum atomic E-state index is -0.917. The molecule has 3 aliphatic carbocycles. The Morgan fingerprint density at radius 2 is 1.97 bits per heavy atom. The Morgan fingerprint density at radius 1 is 1.25 bits per heavy atom. The fraction of sp³-hybridized carbons (Fsp3) is 0.778. The molecule has 5 unspecified atom stereocenters. The summed E-state index contributed by atoms with van der Waals surface area (Å²) < 4.78 is 16.5. The maximum absolute atomic E-state index is 13.2. The van der Waals surface area contributed by atoms with Crippen LogP contribution >= 0.6 is 0 Å². The van der Waals surface area contributed by atoms with Crippen molar-refractivity contribution in [3.8, 4) is 0 Å². The van der Waals surface area contributed by atoms with Gasteiger partial charge < -0.3 is 24.8 Å². The number of hydrogen-bond acceptors (Lipinski definition) is 7. The predicted molar refractivity (Wildman–Crippen MR) is 131 cm³/mol. The van der Waals surface area contributed by atoms with Crippen molar-refractivity contribution in [1.29, 1.82) is 0 Å². The van der Waals surface area contributed by atoms with E-state index in [1.54, 1.807) is 26.8 Å². The van der Waals surface area contributed by atoms with Gasteiger partial charge in [0, 0.05) is 24.3 Å². The molecule has 5 aliphatic rings. The number of ketones is 1. The minimum absolute atomic E-state index is 0.0335. The summed E-state index contributed by atoms with van der Waals surface area (Å²) >= 11 is 0. The number of methoxy groups -OCH3 is 1. The van der Waals surface area contributed by atoms with Crippen LogP contribution in [0.25, 0.3) is 0 Å². The van der Waals surface area contributed by atoms with E-state index in [9.17, 15) is 19.2 Å². The second-order valence-corrected chi connectivity index (χ2v) is 12.5. The van der Waals surface area contributed by atoms with Crippen LogP contribution in [0.2, 0.25) is 0 Å². The van der Waals surface area contributed by atoms with E-state index < -0.39 is 29.1 Å². The molecule has 36 heavy (non-hydrogen) atoms. The molecule has 9 nitrogen and oxygen atoms in total. The number of carbonyl (C=O) groups excluding carboxylic acids is 4. The van der Waals surface area contributed by atoms with E-state index in [0.717, 1.165) is 19.3 Å². The number of esters is 1. The molecule has 0 aromatic heterocycles. The van der Waals surface area contributed by atoms with Crippen LogP contribution in [0.4, 0.5) is 4.79 Å². The van der Waals surface area contributed by atoms with Crippen molar-refractivity contribution in [2.75, 3.05) is 13.7 Å². The van der Waals surface area contributed by atoms with Gasteiger partial charge in [-0.15, -0.1) is 0 Å². The average Bonchev–Trinajstić information content (AvgIpc) is 3.14. The van der Waals surface area contributed by atoms with E-state index in [1.165, 1.54) is 7.11 Å². The van der Waals surface area contributed by atoms with Gasteiger partial charge in [0.05, 0.1) is 18.8 Å². The third-order valence-electron chi connectivity index (χ3n) is 8.71. The van der Waals surface area contributed by atoms with Crippen molar-refractivity contribution < 1.29 is 33.4 Å². The van der Waals surface area contributed by atoms with Gasteiger partial charge in [-0.25, -0.2) is 9.59 Å². The van der Waals surface area contributed by atoms with Gasteiger partial charge in [-0.1, -0.05) is 13.0 Å². The number of amides is 2. The molecule has 2 saturated heterocycles.